The van der Waals surface area contributed by atoms with Gasteiger partial charge in [-0.05, 0) is 56.7 Å². The monoisotopic (exact) mass is 397 g/mol. The van der Waals surface area contributed by atoms with Crippen molar-refractivity contribution in [1.29, 1.82) is 0 Å². The van der Waals surface area contributed by atoms with Gasteiger partial charge < -0.3 is 9.88 Å². The lowest BCUT2D eigenvalue weighted by atomic mass is 10.1. The molecule has 1 N–H and O–H groups in total. The molecule has 3 rings (SSSR count). The van der Waals surface area contributed by atoms with Gasteiger partial charge in [0.15, 0.2) is 0 Å². The Bertz CT molecular complexity index is 903. The van der Waals surface area contributed by atoms with Crippen molar-refractivity contribution in [2.45, 2.75) is 26.8 Å². The zero-order valence-electron chi connectivity index (χ0n) is 14.5. The molecular weight excluding hydrogens is 378 g/mol. The Morgan fingerprint density at radius 2 is 2.00 bits per heavy atom. The predicted octanol–water partition coefficient (Wildman–Crippen LogP) is 4.74. The number of rotatable bonds is 4. The van der Waals surface area contributed by atoms with Gasteiger partial charge in [-0.1, -0.05) is 28.1 Å². The summed E-state index contributed by atoms with van der Waals surface area (Å²) in [6.45, 7) is 5.94. The Morgan fingerprint density at radius 3 is 2.68 bits per heavy atom. The number of nitrogens with one attached hydrogen (secondary N) is 1. The molecule has 1 unspecified atom stereocenters. The van der Waals surface area contributed by atoms with E-state index in [2.05, 4.69) is 30.8 Å². The van der Waals surface area contributed by atoms with Crippen molar-refractivity contribution in [1.82, 2.24) is 14.9 Å². The number of hydrogen-bond donors (Lipinski definition) is 1. The molecule has 4 nitrogen and oxygen atoms in total. The van der Waals surface area contributed by atoms with Crippen LogP contribution < -0.4 is 5.32 Å². The van der Waals surface area contributed by atoms with E-state index in [4.69, 9.17) is 0 Å². The standard InChI is InChI=1S/C20H20BrN3O/c1-13-10-19(15(3)24(13)18-8-4-7-17(21)11-18)20(25)23-14(2)16-6-5-9-22-12-16/h4-12,14H,1-3H3,(H,23,25). The van der Waals surface area contributed by atoms with E-state index in [1.807, 2.05) is 63.2 Å². The average Bonchev–Trinajstić information content (AvgIpc) is 2.90. The molecular formula is C20H20BrN3O. The second kappa shape index (κ2) is 7.23. The number of halogens is 1. The van der Waals surface area contributed by atoms with Gasteiger partial charge in [-0.25, -0.2) is 0 Å². The Balaban J connectivity index is 1.88. The van der Waals surface area contributed by atoms with E-state index in [1.165, 1.54) is 0 Å². The fourth-order valence-corrected chi connectivity index (χ4v) is 3.38. The molecule has 0 aliphatic heterocycles. The van der Waals surface area contributed by atoms with Crippen LogP contribution in [0.1, 0.15) is 40.3 Å². The van der Waals surface area contributed by atoms with Gasteiger partial charge in [-0.3, -0.25) is 9.78 Å². The van der Waals surface area contributed by atoms with Crippen LogP contribution in [0, 0.1) is 13.8 Å². The van der Waals surface area contributed by atoms with Crippen LogP contribution in [0.4, 0.5) is 0 Å². The Morgan fingerprint density at radius 1 is 1.20 bits per heavy atom. The second-order valence-corrected chi connectivity index (χ2v) is 7.00. The molecule has 0 aliphatic carbocycles. The highest BCUT2D eigenvalue weighted by Crippen LogP contribution is 2.23. The van der Waals surface area contributed by atoms with E-state index < -0.39 is 0 Å². The molecule has 3 aromatic rings. The van der Waals surface area contributed by atoms with Gasteiger partial charge in [0, 0.05) is 33.9 Å². The Labute approximate surface area is 156 Å². The minimum atomic E-state index is -0.102. The van der Waals surface area contributed by atoms with E-state index in [1.54, 1.807) is 12.4 Å². The number of hydrogen-bond acceptors (Lipinski definition) is 2. The van der Waals surface area contributed by atoms with E-state index >= 15 is 0 Å². The highest BCUT2D eigenvalue weighted by Gasteiger charge is 2.18. The Kier molecular flexibility index (Phi) is 5.04. The van der Waals surface area contributed by atoms with Gasteiger partial charge in [0.25, 0.3) is 5.91 Å². The largest absolute Gasteiger partial charge is 0.345 e. The van der Waals surface area contributed by atoms with Crippen LogP contribution in [0.25, 0.3) is 5.69 Å². The topological polar surface area (TPSA) is 46.9 Å². The van der Waals surface area contributed by atoms with Crippen molar-refractivity contribution < 1.29 is 4.79 Å². The zero-order valence-corrected chi connectivity index (χ0v) is 16.0. The summed E-state index contributed by atoms with van der Waals surface area (Å²) >= 11 is 3.50. The highest BCUT2D eigenvalue weighted by molar-refractivity contribution is 9.10. The van der Waals surface area contributed by atoms with Crippen molar-refractivity contribution in [2.75, 3.05) is 0 Å². The summed E-state index contributed by atoms with van der Waals surface area (Å²) in [4.78, 5) is 16.9. The fraction of sp³-hybridized carbons (Fsp3) is 0.200. The van der Waals surface area contributed by atoms with Crippen molar-refractivity contribution in [3.63, 3.8) is 0 Å². The molecule has 1 aromatic carbocycles. The minimum absolute atomic E-state index is 0.0781. The van der Waals surface area contributed by atoms with Crippen molar-refractivity contribution >= 4 is 21.8 Å². The molecule has 2 aromatic heterocycles. The van der Waals surface area contributed by atoms with Crippen LogP contribution in [0.15, 0.2) is 59.3 Å². The molecule has 0 spiro atoms. The summed E-state index contributed by atoms with van der Waals surface area (Å²) in [6, 6.07) is 13.7. The molecule has 2 heterocycles. The third-order valence-corrected chi connectivity index (χ3v) is 4.77. The fourth-order valence-electron chi connectivity index (χ4n) is 3.00. The van der Waals surface area contributed by atoms with E-state index in [-0.39, 0.29) is 11.9 Å². The lowest BCUT2D eigenvalue weighted by molar-refractivity contribution is 0.0939. The molecule has 1 atom stereocenters. The first-order valence-electron chi connectivity index (χ1n) is 8.13. The maximum absolute atomic E-state index is 12.8. The molecule has 0 aliphatic rings. The summed E-state index contributed by atoms with van der Waals surface area (Å²) in [5, 5.41) is 3.06. The maximum Gasteiger partial charge on any atom is 0.253 e. The summed E-state index contributed by atoms with van der Waals surface area (Å²) in [7, 11) is 0. The first-order chi connectivity index (χ1) is 12.0. The highest BCUT2D eigenvalue weighted by atomic mass is 79.9. The minimum Gasteiger partial charge on any atom is -0.345 e. The summed E-state index contributed by atoms with van der Waals surface area (Å²) in [6.07, 6.45) is 3.50. The molecule has 0 radical (unpaired) electrons. The Hall–Kier alpha value is -2.40. The van der Waals surface area contributed by atoms with Crippen LogP contribution in [-0.2, 0) is 0 Å². The zero-order chi connectivity index (χ0) is 18.0. The van der Waals surface area contributed by atoms with Gasteiger partial charge >= 0.3 is 0 Å². The van der Waals surface area contributed by atoms with E-state index in [0.29, 0.717) is 5.56 Å². The van der Waals surface area contributed by atoms with E-state index in [9.17, 15) is 4.79 Å². The van der Waals surface area contributed by atoms with Crippen molar-refractivity contribution in [3.8, 4) is 5.69 Å². The van der Waals surface area contributed by atoms with Gasteiger partial charge in [0.05, 0.1) is 11.6 Å². The van der Waals surface area contributed by atoms with Crippen LogP contribution >= 0.6 is 15.9 Å². The molecule has 0 bridgehead atoms. The van der Waals surface area contributed by atoms with Gasteiger partial charge in [0.2, 0.25) is 0 Å². The number of aromatic nitrogens is 2. The SMILES string of the molecule is Cc1cc(C(=O)NC(C)c2cccnc2)c(C)n1-c1cccc(Br)c1. The van der Waals surface area contributed by atoms with Crippen molar-refractivity contribution in [2.24, 2.45) is 0 Å². The second-order valence-electron chi connectivity index (χ2n) is 6.08. The lowest BCUT2D eigenvalue weighted by Crippen LogP contribution is -2.27. The summed E-state index contributed by atoms with van der Waals surface area (Å²) in [5.41, 5.74) is 4.65. The summed E-state index contributed by atoms with van der Waals surface area (Å²) in [5.74, 6) is -0.0781. The number of carbonyl (C=O) groups excluding carboxylic acids is 1. The van der Waals surface area contributed by atoms with E-state index in [0.717, 1.165) is 27.1 Å². The first kappa shape index (κ1) is 17.4. The third-order valence-electron chi connectivity index (χ3n) is 4.27. The predicted molar refractivity (Wildman–Crippen MR) is 103 cm³/mol. The van der Waals surface area contributed by atoms with Crippen LogP contribution in [0.2, 0.25) is 0 Å². The van der Waals surface area contributed by atoms with Crippen LogP contribution in [-0.4, -0.2) is 15.5 Å². The summed E-state index contributed by atoms with van der Waals surface area (Å²) < 4.78 is 3.10. The number of carbonyl (C=O) groups is 1. The number of benzene rings is 1. The van der Waals surface area contributed by atoms with Crippen LogP contribution in [0.5, 0.6) is 0 Å². The lowest BCUT2D eigenvalue weighted by Gasteiger charge is -2.14. The normalized spacial score (nSPS) is 12.0. The van der Waals surface area contributed by atoms with Gasteiger partial charge in [0.1, 0.15) is 0 Å². The molecule has 25 heavy (non-hydrogen) atoms. The maximum atomic E-state index is 12.8. The first-order valence-corrected chi connectivity index (χ1v) is 8.92. The smallest absolute Gasteiger partial charge is 0.253 e. The molecule has 5 heteroatoms. The molecule has 0 fully saturated rings. The number of nitrogens with zero attached hydrogens (tertiary/aromatic N) is 2. The molecule has 0 saturated heterocycles. The molecule has 128 valence electrons. The van der Waals surface area contributed by atoms with Crippen LogP contribution in [0.3, 0.4) is 0 Å². The van der Waals surface area contributed by atoms with Gasteiger partial charge in [-0.2, -0.15) is 0 Å². The third kappa shape index (κ3) is 3.66. The number of aryl methyl sites for hydroxylation is 1. The number of pyridine rings is 1. The average molecular weight is 398 g/mol. The van der Waals surface area contributed by atoms with Crippen molar-refractivity contribution in [3.05, 3.63) is 81.8 Å². The quantitative estimate of drug-likeness (QED) is 0.690. The number of amides is 1. The molecule has 1 amide bonds. The van der Waals surface area contributed by atoms with Gasteiger partial charge in [-0.15, -0.1) is 0 Å². The molecule has 0 saturated carbocycles.